The smallest absolute Gasteiger partial charge is 0.126 e. The summed E-state index contributed by atoms with van der Waals surface area (Å²) in [4.78, 5) is 11.9. The molecule has 3 saturated heterocycles. The predicted octanol–water partition coefficient (Wildman–Crippen LogP) is 4.56. The molecule has 2 bridgehead atoms. The second kappa shape index (κ2) is 6.32. The highest BCUT2D eigenvalue weighted by Gasteiger charge is 2.39. The third kappa shape index (κ3) is 2.79. The van der Waals surface area contributed by atoms with Crippen LogP contribution in [0.1, 0.15) is 24.8 Å². The second-order valence-corrected chi connectivity index (χ2v) is 8.87. The van der Waals surface area contributed by atoms with E-state index < -0.39 is 0 Å². The number of hydrogen-bond donors (Lipinski definition) is 1. The van der Waals surface area contributed by atoms with Gasteiger partial charge in [-0.05, 0) is 75.5 Å². The summed E-state index contributed by atoms with van der Waals surface area (Å²) in [6.45, 7) is 6.92. The first-order valence-corrected chi connectivity index (χ1v) is 10.3. The van der Waals surface area contributed by atoms with Crippen LogP contribution < -0.4 is 5.32 Å². The zero-order valence-corrected chi connectivity index (χ0v) is 16.1. The number of nitrogens with zero attached hydrogens (tertiary/aromatic N) is 3. The molecule has 26 heavy (non-hydrogen) atoms. The molecule has 0 unspecified atom stereocenters. The molecule has 2 atom stereocenters. The van der Waals surface area contributed by atoms with E-state index in [9.17, 15) is 0 Å². The number of hydrogen-bond acceptors (Lipinski definition) is 5. The quantitative estimate of drug-likeness (QED) is 0.740. The number of aryl methyl sites for hydroxylation is 1. The number of pyridine rings is 1. The predicted molar refractivity (Wildman–Crippen MR) is 109 cm³/mol. The molecular formula is C21H24N4S. The van der Waals surface area contributed by atoms with Crippen LogP contribution in [0.4, 0.5) is 5.82 Å². The van der Waals surface area contributed by atoms with E-state index >= 15 is 0 Å². The molecule has 1 aromatic carbocycles. The maximum atomic E-state index is 4.71. The lowest BCUT2D eigenvalue weighted by atomic mass is 9.79. The minimum Gasteiger partial charge on any atom is -0.365 e. The van der Waals surface area contributed by atoms with Gasteiger partial charge in [-0.25, -0.2) is 9.97 Å². The average Bonchev–Trinajstić information content (AvgIpc) is 3.05. The van der Waals surface area contributed by atoms with E-state index in [4.69, 9.17) is 4.98 Å². The maximum absolute atomic E-state index is 4.71. The zero-order valence-electron chi connectivity index (χ0n) is 15.3. The van der Waals surface area contributed by atoms with Gasteiger partial charge in [-0.2, -0.15) is 0 Å². The Morgan fingerprint density at radius 1 is 1.12 bits per heavy atom. The number of aromatic nitrogens is 2. The summed E-state index contributed by atoms with van der Waals surface area (Å²) in [5.74, 6) is 1.77. The van der Waals surface area contributed by atoms with Crippen molar-refractivity contribution >= 4 is 27.4 Å². The highest BCUT2D eigenvalue weighted by atomic mass is 32.1. The van der Waals surface area contributed by atoms with Crippen LogP contribution in [0.2, 0.25) is 0 Å². The highest BCUT2D eigenvalue weighted by Crippen LogP contribution is 2.34. The van der Waals surface area contributed by atoms with Crippen LogP contribution in [0, 0.1) is 12.8 Å². The number of rotatable bonds is 3. The molecule has 4 nitrogen and oxygen atoms in total. The van der Waals surface area contributed by atoms with Gasteiger partial charge in [0.05, 0.1) is 15.2 Å². The zero-order chi connectivity index (χ0) is 17.7. The fraction of sp³-hybridized carbons (Fsp3) is 0.429. The lowest BCUT2D eigenvalue weighted by Crippen LogP contribution is -2.59. The number of thiazole rings is 1. The van der Waals surface area contributed by atoms with Crippen molar-refractivity contribution in [2.75, 3.05) is 18.4 Å². The lowest BCUT2D eigenvalue weighted by Gasteiger charge is -2.50. The average molecular weight is 365 g/mol. The van der Waals surface area contributed by atoms with Crippen LogP contribution in [0.3, 0.4) is 0 Å². The summed E-state index contributed by atoms with van der Waals surface area (Å²) in [5.41, 5.74) is 3.40. The van der Waals surface area contributed by atoms with Crippen LogP contribution in [-0.4, -0.2) is 40.0 Å². The third-order valence-corrected chi connectivity index (χ3v) is 7.04. The van der Waals surface area contributed by atoms with Gasteiger partial charge in [-0.3, -0.25) is 4.90 Å². The Hall–Kier alpha value is -1.98. The third-order valence-electron chi connectivity index (χ3n) is 6.08. The summed E-state index contributed by atoms with van der Waals surface area (Å²) in [6, 6.07) is 11.9. The summed E-state index contributed by atoms with van der Waals surface area (Å²) in [7, 11) is 0. The SMILES string of the molecule is Cc1nc2cc(-c3ccc(N[C@H]4C5CCN(CC5)[C@@H]4C)nc3)ccc2s1. The van der Waals surface area contributed by atoms with Gasteiger partial charge in [-0.1, -0.05) is 6.07 Å². The summed E-state index contributed by atoms with van der Waals surface area (Å²) in [5, 5.41) is 4.82. The Kier molecular flexibility index (Phi) is 3.94. The normalized spacial score (nSPS) is 27.8. The van der Waals surface area contributed by atoms with E-state index in [-0.39, 0.29) is 0 Å². The molecule has 3 aromatic rings. The maximum Gasteiger partial charge on any atom is 0.126 e. The number of benzene rings is 1. The van der Waals surface area contributed by atoms with Gasteiger partial charge in [0, 0.05) is 23.8 Å². The molecule has 0 saturated carbocycles. The van der Waals surface area contributed by atoms with E-state index in [1.54, 1.807) is 11.3 Å². The fourth-order valence-corrected chi connectivity index (χ4v) is 5.40. The fourth-order valence-electron chi connectivity index (χ4n) is 4.59. The minimum absolute atomic E-state index is 0.519. The van der Waals surface area contributed by atoms with Crippen molar-refractivity contribution in [3.63, 3.8) is 0 Å². The molecule has 0 spiro atoms. The summed E-state index contributed by atoms with van der Waals surface area (Å²) >= 11 is 1.74. The van der Waals surface area contributed by atoms with Gasteiger partial charge < -0.3 is 5.32 Å². The number of anilines is 1. The molecular weight excluding hydrogens is 340 g/mol. The Morgan fingerprint density at radius 2 is 1.92 bits per heavy atom. The van der Waals surface area contributed by atoms with E-state index in [0.29, 0.717) is 12.1 Å². The first-order valence-electron chi connectivity index (χ1n) is 9.51. The van der Waals surface area contributed by atoms with Crippen LogP contribution in [0.15, 0.2) is 36.5 Å². The van der Waals surface area contributed by atoms with E-state index in [2.05, 4.69) is 59.4 Å². The molecule has 0 amide bonds. The van der Waals surface area contributed by atoms with Crippen LogP contribution in [-0.2, 0) is 0 Å². The Morgan fingerprint density at radius 3 is 2.65 bits per heavy atom. The number of fused-ring (bicyclic) bond motifs is 4. The topological polar surface area (TPSA) is 41.1 Å². The number of nitrogens with one attached hydrogen (secondary N) is 1. The van der Waals surface area contributed by atoms with E-state index in [0.717, 1.165) is 27.8 Å². The summed E-state index contributed by atoms with van der Waals surface area (Å²) in [6.07, 6.45) is 4.61. The standard InChI is InChI=1S/C21H24N4S/c1-13-21(15-7-9-25(13)10-8-15)24-20-6-4-17(12-22-20)16-3-5-19-18(11-16)23-14(2)26-19/h3-6,11-13,15,21H,7-10H2,1-2H3,(H,22,24)/t13-,21-/m1/s1. The number of piperidine rings is 3. The molecule has 1 N–H and O–H groups in total. The van der Waals surface area contributed by atoms with Crippen LogP contribution >= 0.6 is 11.3 Å². The van der Waals surface area contributed by atoms with Crippen LogP contribution in [0.25, 0.3) is 21.3 Å². The van der Waals surface area contributed by atoms with E-state index in [1.807, 2.05) is 6.20 Å². The van der Waals surface area contributed by atoms with Gasteiger partial charge in [-0.15, -0.1) is 11.3 Å². The summed E-state index contributed by atoms with van der Waals surface area (Å²) < 4.78 is 1.24. The van der Waals surface area contributed by atoms with Crippen molar-refractivity contribution in [2.45, 2.75) is 38.8 Å². The highest BCUT2D eigenvalue weighted by molar-refractivity contribution is 7.18. The molecule has 5 heterocycles. The first kappa shape index (κ1) is 16.2. The molecule has 0 aliphatic carbocycles. The molecule has 3 aliphatic rings. The first-order chi connectivity index (χ1) is 12.7. The van der Waals surface area contributed by atoms with Crippen molar-refractivity contribution in [2.24, 2.45) is 5.92 Å². The Bertz CT molecular complexity index is 923. The van der Waals surface area contributed by atoms with E-state index in [1.165, 1.54) is 36.2 Å². The van der Waals surface area contributed by atoms with Crippen molar-refractivity contribution in [1.82, 2.24) is 14.9 Å². The van der Waals surface area contributed by atoms with Gasteiger partial charge in [0.1, 0.15) is 5.82 Å². The minimum atomic E-state index is 0.519. The lowest BCUT2D eigenvalue weighted by molar-refractivity contribution is 0.0457. The molecule has 5 heteroatoms. The van der Waals surface area contributed by atoms with Crippen LogP contribution in [0.5, 0.6) is 0 Å². The monoisotopic (exact) mass is 364 g/mol. The Labute approximate surface area is 158 Å². The largest absolute Gasteiger partial charge is 0.365 e. The van der Waals surface area contributed by atoms with Gasteiger partial charge in [0.25, 0.3) is 0 Å². The van der Waals surface area contributed by atoms with Crippen molar-refractivity contribution in [3.8, 4) is 11.1 Å². The molecule has 0 radical (unpaired) electrons. The van der Waals surface area contributed by atoms with Gasteiger partial charge in [0.2, 0.25) is 0 Å². The molecule has 134 valence electrons. The second-order valence-electron chi connectivity index (χ2n) is 7.63. The molecule has 3 aliphatic heterocycles. The Balaban J connectivity index is 1.36. The van der Waals surface area contributed by atoms with Crippen molar-refractivity contribution in [1.29, 1.82) is 0 Å². The molecule has 3 fully saturated rings. The van der Waals surface area contributed by atoms with Crippen molar-refractivity contribution < 1.29 is 0 Å². The van der Waals surface area contributed by atoms with Gasteiger partial charge >= 0.3 is 0 Å². The van der Waals surface area contributed by atoms with Crippen molar-refractivity contribution in [3.05, 3.63) is 41.5 Å². The van der Waals surface area contributed by atoms with Gasteiger partial charge in [0.15, 0.2) is 0 Å². The molecule has 2 aromatic heterocycles. The molecule has 6 rings (SSSR count).